The van der Waals surface area contributed by atoms with E-state index in [2.05, 4.69) is 5.32 Å². The first-order valence-corrected chi connectivity index (χ1v) is 10.7. The maximum absolute atomic E-state index is 14.9. The van der Waals surface area contributed by atoms with Gasteiger partial charge in [0.25, 0.3) is 5.92 Å². The molecule has 1 aliphatic carbocycles. The van der Waals surface area contributed by atoms with Gasteiger partial charge >= 0.3 is 0 Å². The number of nitrogens with one attached hydrogen (secondary N) is 1. The Morgan fingerprint density at radius 1 is 1.28 bits per heavy atom. The summed E-state index contributed by atoms with van der Waals surface area (Å²) in [7, 11) is 0. The maximum Gasteiger partial charge on any atom is 0.255 e. The summed E-state index contributed by atoms with van der Waals surface area (Å²) in [5.41, 5.74) is 3.37. The van der Waals surface area contributed by atoms with Crippen LogP contribution >= 0.6 is 0 Å². The summed E-state index contributed by atoms with van der Waals surface area (Å²) >= 11 is 0. The Bertz CT molecular complexity index is 967. The van der Waals surface area contributed by atoms with Crippen molar-refractivity contribution in [3.05, 3.63) is 64.7 Å². The Kier molecular flexibility index (Phi) is 6.44. The zero-order valence-corrected chi connectivity index (χ0v) is 17.9. The minimum absolute atomic E-state index is 0.0485. The number of fused-ring (bicyclic) bond motifs is 1. The van der Waals surface area contributed by atoms with Gasteiger partial charge in [0.2, 0.25) is 5.91 Å². The lowest BCUT2D eigenvalue weighted by atomic mass is 9.97. The molecule has 2 unspecified atom stereocenters. The summed E-state index contributed by atoms with van der Waals surface area (Å²) in [6, 6.07) is 12.7. The van der Waals surface area contributed by atoms with Crippen LogP contribution < -0.4 is 10.1 Å². The topological polar surface area (TPSA) is 61.8 Å². The number of aliphatic hydroxyl groups is 1. The van der Waals surface area contributed by atoms with Crippen LogP contribution in [-0.2, 0) is 17.9 Å². The third kappa shape index (κ3) is 5.24. The number of nitrogens with zero attached hydrogens (tertiary/aromatic N) is 1. The Morgan fingerprint density at radius 2 is 2.00 bits per heavy atom. The van der Waals surface area contributed by atoms with E-state index in [1.54, 1.807) is 12.1 Å². The molecule has 2 aliphatic rings. The van der Waals surface area contributed by atoms with E-state index in [9.17, 15) is 18.0 Å². The van der Waals surface area contributed by atoms with Crippen molar-refractivity contribution in [3.63, 3.8) is 0 Å². The molecular weight excluding hydrogens is 421 g/mol. The van der Waals surface area contributed by atoms with Crippen molar-refractivity contribution in [3.8, 4) is 5.75 Å². The van der Waals surface area contributed by atoms with E-state index >= 15 is 0 Å². The van der Waals surface area contributed by atoms with Gasteiger partial charge in [0.15, 0.2) is 0 Å². The minimum Gasteiger partial charge on any atom is -0.493 e. The molecule has 1 fully saturated rings. The van der Waals surface area contributed by atoms with E-state index in [1.807, 2.05) is 42.2 Å². The highest BCUT2D eigenvalue weighted by Crippen LogP contribution is 2.48. The quantitative estimate of drug-likeness (QED) is 0.643. The molecule has 4 rings (SSSR count). The van der Waals surface area contributed by atoms with Gasteiger partial charge in [0.05, 0.1) is 18.6 Å². The number of carbonyl (C=O) groups is 1. The second kappa shape index (κ2) is 9.11. The molecule has 3 atom stereocenters. The first kappa shape index (κ1) is 22.6. The molecule has 1 amide bonds. The van der Waals surface area contributed by atoms with Crippen molar-refractivity contribution < 1.29 is 27.8 Å². The smallest absolute Gasteiger partial charge is 0.255 e. The van der Waals surface area contributed by atoms with Crippen LogP contribution in [0.1, 0.15) is 47.8 Å². The van der Waals surface area contributed by atoms with Crippen molar-refractivity contribution in [2.45, 2.75) is 44.6 Å². The van der Waals surface area contributed by atoms with E-state index in [0.29, 0.717) is 24.4 Å². The van der Waals surface area contributed by atoms with Crippen molar-refractivity contribution in [1.29, 1.82) is 0 Å². The predicted molar refractivity (Wildman–Crippen MR) is 113 cm³/mol. The van der Waals surface area contributed by atoms with Crippen LogP contribution in [0.15, 0.2) is 42.5 Å². The van der Waals surface area contributed by atoms with Crippen molar-refractivity contribution in [1.82, 2.24) is 10.2 Å². The van der Waals surface area contributed by atoms with Crippen LogP contribution in [0.3, 0.4) is 0 Å². The lowest BCUT2D eigenvalue weighted by Crippen LogP contribution is -2.32. The van der Waals surface area contributed by atoms with E-state index in [4.69, 9.17) is 9.84 Å². The number of halogens is 3. The SMILES string of the molecule is C[C@H](NC(=O)CO)c1ccc(CN2Cc3ccc(OCC4CC4(F)F)cc3C(F)C2)cc1. The van der Waals surface area contributed by atoms with Gasteiger partial charge in [-0.1, -0.05) is 30.3 Å². The Hall–Kier alpha value is -2.58. The standard InChI is InChI=1S/C24H27F3N2O3/c1-15(28-23(31)13-30)17-4-2-16(3-5-17)10-29-11-18-6-7-20(8-21(18)22(25)12-29)32-14-19-9-24(19,26)27/h2-8,15,19,22,30H,9-14H2,1H3,(H,28,31)/t15-,19?,22?/m0/s1. The van der Waals surface area contributed by atoms with Gasteiger partial charge in [-0.15, -0.1) is 0 Å². The van der Waals surface area contributed by atoms with Gasteiger partial charge in [-0.2, -0.15) is 0 Å². The van der Waals surface area contributed by atoms with Gasteiger partial charge < -0.3 is 15.2 Å². The number of rotatable bonds is 8. The van der Waals surface area contributed by atoms with Crippen molar-refractivity contribution >= 4 is 5.91 Å². The molecular formula is C24H27F3N2O3. The highest BCUT2D eigenvalue weighted by Gasteiger charge is 2.57. The van der Waals surface area contributed by atoms with E-state index in [1.165, 1.54) is 0 Å². The number of aliphatic hydroxyl groups excluding tert-OH is 1. The number of benzene rings is 2. The van der Waals surface area contributed by atoms with Gasteiger partial charge in [0, 0.05) is 26.1 Å². The highest BCUT2D eigenvalue weighted by molar-refractivity contribution is 5.77. The van der Waals surface area contributed by atoms with Gasteiger partial charge in [-0.3, -0.25) is 9.69 Å². The van der Waals surface area contributed by atoms with Gasteiger partial charge in [0.1, 0.15) is 18.5 Å². The molecule has 2 aromatic carbocycles. The first-order chi connectivity index (χ1) is 15.2. The van der Waals surface area contributed by atoms with E-state index in [-0.39, 0.29) is 25.6 Å². The third-order valence-electron chi connectivity index (χ3n) is 6.08. The molecule has 0 aromatic heterocycles. The number of ether oxygens (including phenoxy) is 1. The van der Waals surface area contributed by atoms with Gasteiger partial charge in [-0.05, 0) is 41.3 Å². The minimum atomic E-state index is -2.62. The van der Waals surface area contributed by atoms with Crippen LogP contribution in [-0.4, -0.2) is 41.6 Å². The number of hydrogen-bond acceptors (Lipinski definition) is 4. The van der Waals surface area contributed by atoms with Crippen molar-refractivity contribution in [2.24, 2.45) is 5.92 Å². The lowest BCUT2D eigenvalue weighted by molar-refractivity contribution is -0.124. The number of amides is 1. The number of hydrogen-bond donors (Lipinski definition) is 2. The summed E-state index contributed by atoms with van der Waals surface area (Å²) in [5, 5.41) is 11.5. The molecule has 32 heavy (non-hydrogen) atoms. The van der Waals surface area contributed by atoms with Crippen LogP contribution in [0.4, 0.5) is 13.2 Å². The molecule has 1 saturated carbocycles. The fraction of sp³-hybridized carbons (Fsp3) is 0.458. The van der Waals surface area contributed by atoms with E-state index in [0.717, 1.165) is 16.7 Å². The average Bonchev–Trinajstić information content (AvgIpc) is 3.39. The Labute approximate surface area is 185 Å². The number of alkyl halides is 3. The van der Waals surface area contributed by atoms with Crippen molar-refractivity contribution in [2.75, 3.05) is 19.8 Å². The fourth-order valence-electron chi connectivity index (χ4n) is 4.04. The van der Waals surface area contributed by atoms with Crippen LogP contribution in [0, 0.1) is 5.92 Å². The van der Waals surface area contributed by atoms with Crippen LogP contribution in [0.2, 0.25) is 0 Å². The van der Waals surface area contributed by atoms with Gasteiger partial charge in [-0.25, -0.2) is 13.2 Å². The molecule has 2 N–H and O–H groups in total. The Balaban J connectivity index is 1.34. The second-order valence-corrected chi connectivity index (χ2v) is 8.66. The molecule has 1 heterocycles. The Morgan fingerprint density at radius 3 is 2.66 bits per heavy atom. The normalized spacial score (nSPS) is 22.7. The zero-order chi connectivity index (χ0) is 22.9. The summed E-state index contributed by atoms with van der Waals surface area (Å²) in [6.45, 7) is 2.64. The van der Waals surface area contributed by atoms with Crippen LogP contribution in [0.5, 0.6) is 5.75 Å². The zero-order valence-electron chi connectivity index (χ0n) is 17.9. The predicted octanol–water partition coefficient (Wildman–Crippen LogP) is 3.92. The molecule has 8 heteroatoms. The molecule has 0 radical (unpaired) electrons. The summed E-state index contributed by atoms with van der Waals surface area (Å²) in [6.07, 6.45) is -1.33. The maximum atomic E-state index is 14.9. The molecule has 1 aliphatic heterocycles. The monoisotopic (exact) mass is 448 g/mol. The second-order valence-electron chi connectivity index (χ2n) is 8.66. The third-order valence-corrected chi connectivity index (χ3v) is 6.08. The first-order valence-electron chi connectivity index (χ1n) is 10.7. The van der Waals surface area contributed by atoms with E-state index < -0.39 is 30.5 Å². The van der Waals surface area contributed by atoms with Crippen LogP contribution in [0.25, 0.3) is 0 Å². The molecule has 5 nitrogen and oxygen atoms in total. The largest absolute Gasteiger partial charge is 0.493 e. The highest BCUT2D eigenvalue weighted by atomic mass is 19.3. The lowest BCUT2D eigenvalue weighted by Gasteiger charge is -2.31. The molecule has 2 aromatic rings. The summed E-state index contributed by atoms with van der Waals surface area (Å²) in [5.74, 6) is -3.36. The summed E-state index contributed by atoms with van der Waals surface area (Å²) in [4.78, 5) is 13.3. The molecule has 0 saturated heterocycles. The fourth-order valence-corrected chi connectivity index (χ4v) is 4.04. The molecule has 172 valence electrons. The average molecular weight is 448 g/mol. The molecule has 0 spiro atoms. The number of carbonyl (C=O) groups excluding carboxylic acids is 1. The summed E-state index contributed by atoms with van der Waals surface area (Å²) < 4.78 is 46.4. The molecule has 0 bridgehead atoms.